The average molecular weight is 275 g/mol. The van der Waals surface area contributed by atoms with Crippen LogP contribution in [0.2, 0.25) is 0 Å². The van der Waals surface area contributed by atoms with Gasteiger partial charge in [0.25, 0.3) is 0 Å². The van der Waals surface area contributed by atoms with E-state index in [4.69, 9.17) is 5.11 Å². The van der Waals surface area contributed by atoms with E-state index in [0.29, 0.717) is 12.8 Å². The number of carbonyl (C=O) groups is 2. The Morgan fingerprint density at radius 3 is 2.70 bits per heavy atom. The lowest BCUT2D eigenvalue weighted by Crippen LogP contribution is -2.44. The van der Waals surface area contributed by atoms with Crippen LogP contribution in [-0.2, 0) is 22.4 Å². The number of benzene rings is 1. The SMILES string of the molecule is CCC[C@@H](NC(=O)C1CCc2ccccc2C1)C(=O)O. The van der Waals surface area contributed by atoms with Gasteiger partial charge in [0.05, 0.1) is 0 Å². The molecular formula is C16H21NO3. The van der Waals surface area contributed by atoms with Crippen LogP contribution in [0, 0.1) is 5.92 Å². The number of hydrogen-bond donors (Lipinski definition) is 2. The standard InChI is InChI=1S/C16H21NO3/c1-2-5-14(16(19)20)17-15(18)13-9-8-11-6-3-4-7-12(11)10-13/h3-4,6-7,13-14H,2,5,8-10H2,1H3,(H,17,18)(H,19,20)/t13?,14-/m1/s1. The number of carbonyl (C=O) groups excluding carboxylic acids is 1. The highest BCUT2D eigenvalue weighted by Gasteiger charge is 2.27. The van der Waals surface area contributed by atoms with E-state index in [0.717, 1.165) is 19.3 Å². The lowest BCUT2D eigenvalue weighted by molar-refractivity contribution is -0.142. The molecular weight excluding hydrogens is 254 g/mol. The first kappa shape index (κ1) is 14.6. The van der Waals surface area contributed by atoms with Gasteiger partial charge in [0.15, 0.2) is 0 Å². The number of carboxylic acids is 1. The smallest absolute Gasteiger partial charge is 0.326 e. The van der Waals surface area contributed by atoms with E-state index >= 15 is 0 Å². The topological polar surface area (TPSA) is 66.4 Å². The molecule has 4 heteroatoms. The molecule has 1 aromatic rings. The fraction of sp³-hybridized carbons (Fsp3) is 0.500. The maximum absolute atomic E-state index is 12.2. The van der Waals surface area contributed by atoms with Gasteiger partial charge in [0.2, 0.25) is 5.91 Å². The van der Waals surface area contributed by atoms with Gasteiger partial charge in [-0.15, -0.1) is 0 Å². The Balaban J connectivity index is 1.99. The normalized spacial score (nSPS) is 18.9. The fourth-order valence-corrected chi connectivity index (χ4v) is 2.76. The molecule has 0 aromatic heterocycles. The maximum atomic E-state index is 12.2. The number of nitrogens with one attached hydrogen (secondary N) is 1. The second-order valence-electron chi connectivity index (χ2n) is 5.40. The monoisotopic (exact) mass is 275 g/mol. The van der Waals surface area contributed by atoms with Gasteiger partial charge in [-0.3, -0.25) is 4.79 Å². The van der Waals surface area contributed by atoms with Crippen molar-refractivity contribution in [1.29, 1.82) is 0 Å². The largest absolute Gasteiger partial charge is 0.480 e. The molecule has 1 aliphatic rings. The predicted octanol–water partition coefficient (Wildman–Crippen LogP) is 2.16. The summed E-state index contributed by atoms with van der Waals surface area (Å²) in [5, 5.41) is 11.8. The number of carboxylic acid groups (broad SMARTS) is 1. The van der Waals surface area contributed by atoms with E-state index in [2.05, 4.69) is 17.4 Å². The van der Waals surface area contributed by atoms with Crippen molar-refractivity contribution in [3.63, 3.8) is 0 Å². The average Bonchev–Trinajstić information content (AvgIpc) is 2.46. The molecule has 4 nitrogen and oxygen atoms in total. The number of amides is 1. The van der Waals surface area contributed by atoms with Gasteiger partial charge in [0, 0.05) is 5.92 Å². The van der Waals surface area contributed by atoms with Crippen molar-refractivity contribution in [2.24, 2.45) is 5.92 Å². The summed E-state index contributed by atoms with van der Waals surface area (Å²) in [5.74, 6) is -1.18. The highest BCUT2D eigenvalue weighted by atomic mass is 16.4. The number of aliphatic carboxylic acids is 1. The van der Waals surface area contributed by atoms with E-state index in [1.54, 1.807) is 0 Å². The summed E-state index contributed by atoms with van der Waals surface area (Å²) in [5.41, 5.74) is 2.51. The minimum Gasteiger partial charge on any atom is -0.480 e. The minimum absolute atomic E-state index is 0.108. The number of rotatable bonds is 5. The molecule has 0 bridgehead atoms. The van der Waals surface area contributed by atoms with Crippen LogP contribution in [0.1, 0.15) is 37.3 Å². The highest BCUT2D eigenvalue weighted by Crippen LogP contribution is 2.25. The van der Waals surface area contributed by atoms with Crippen LogP contribution in [0.5, 0.6) is 0 Å². The molecule has 2 rings (SSSR count). The van der Waals surface area contributed by atoms with Crippen molar-refractivity contribution in [3.05, 3.63) is 35.4 Å². The van der Waals surface area contributed by atoms with Gasteiger partial charge in [-0.2, -0.15) is 0 Å². The van der Waals surface area contributed by atoms with Gasteiger partial charge < -0.3 is 10.4 Å². The summed E-state index contributed by atoms with van der Waals surface area (Å²) in [6.45, 7) is 1.92. The lowest BCUT2D eigenvalue weighted by Gasteiger charge is -2.25. The third-order valence-electron chi connectivity index (χ3n) is 3.91. The molecule has 0 spiro atoms. The first-order valence-electron chi connectivity index (χ1n) is 7.21. The summed E-state index contributed by atoms with van der Waals surface area (Å²) in [6.07, 6.45) is 3.61. The van der Waals surface area contributed by atoms with Gasteiger partial charge in [-0.1, -0.05) is 37.6 Å². The van der Waals surface area contributed by atoms with E-state index in [9.17, 15) is 9.59 Å². The Hall–Kier alpha value is -1.84. The van der Waals surface area contributed by atoms with Crippen molar-refractivity contribution >= 4 is 11.9 Å². The van der Waals surface area contributed by atoms with Gasteiger partial charge in [-0.25, -0.2) is 4.79 Å². The Bertz CT molecular complexity index is 498. The van der Waals surface area contributed by atoms with Crippen molar-refractivity contribution in [3.8, 4) is 0 Å². The molecule has 108 valence electrons. The molecule has 1 aromatic carbocycles. The summed E-state index contributed by atoms with van der Waals surface area (Å²) in [6, 6.07) is 7.39. The lowest BCUT2D eigenvalue weighted by atomic mass is 9.83. The Morgan fingerprint density at radius 1 is 1.35 bits per heavy atom. The number of hydrogen-bond acceptors (Lipinski definition) is 2. The van der Waals surface area contributed by atoms with Crippen molar-refractivity contribution in [1.82, 2.24) is 5.32 Å². The van der Waals surface area contributed by atoms with Crippen LogP contribution in [-0.4, -0.2) is 23.0 Å². The maximum Gasteiger partial charge on any atom is 0.326 e. The van der Waals surface area contributed by atoms with E-state index in [1.165, 1.54) is 11.1 Å². The summed E-state index contributed by atoms with van der Waals surface area (Å²) < 4.78 is 0. The van der Waals surface area contributed by atoms with Gasteiger partial charge in [-0.05, 0) is 36.8 Å². The minimum atomic E-state index is -0.948. The zero-order valence-corrected chi connectivity index (χ0v) is 11.8. The molecule has 0 heterocycles. The molecule has 0 fully saturated rings. The third-order valence-corrected chi connectivity index (χ3v) is 3.91. The fourth-order valence-electron chi connectivity index (χ4n) is 2.76. The van der Waals surface area contributed by atoms with E-state index in [-0.39, 0.29) is 11.8 Å². The molecule has 1 amide bonds. The molecule has 0 radical (unpaired) electrons. The van der Waals surface area contributed by atoms with Crippen LogP contribution < -0.4 is 5.32 Å². The highest BCUT2D eigenvalue weighted by molar-refractivity contribution is 5.85. The van der Waals surface area contributed by atoms with Crippen molar-refractivity contribution < 1.29 is 14.7 Å². The van der Waals surface area contributed by atoms with Crippen LogP contribution in [0.3, 0.4) is 0 Å². The molecule has 0 saturated heterocycles. The first-order valence-corrected chi connectivity index (χ1v) is 7.21. The van der Waals surface area contributed by atoms with Crippen molar-refractivity contribution in [2.45, 2.75) is 45.1 Å². The van der Waals surface area contributed by atoms with E-state index < -0.39 is 12.0 Å². The summed E-state index contributed by atoms with van der Waals surface area (Å²) in [7, 11) is 0. The second-order valence-corrected chi connectivity index (χ2v) is 5.40. The van der Waals surface area contributed by atoms with Crippen LogP contribution in [0.25, 0.3) is 0 Å². The molecule has 2 atom stereocenters. The second kappa shape index (κ2) is 6.55. The zero-order chi connectivity index (χ0) is 14.5. The number of aryl methyl sites for hydroxylation is 1. The summed E-state index contributed by atoms with van der Waals surface area (Å²) >= 11 is 0. The van der Waals surface area contributed by atoms with Crippen LogP contribution in [0.15, 0.2) is 24.3 Å². The van der Waals surface area contributed by atoms with E-state index in [1.807, 2.05) is 19.1 Å². The molecule has 2 N–H and O–H groups in total. The molecule has 1 unspecified atom stereocenters. The van der Waals surface area contributed by atoms with Crippen LogP contribution >= 0.6 is 0 Å². The van der Waals surface area contributed by atoms with Gasteiger partial charge in [0.1, 0.15) is 6.04 Å². The predicted molar refractivity (Wildman–Crippen MR) is 76.4 cm³/mol. The van der Waals surface area contributed by atoms with Crippen molar-refractivity contribution in [2.75, 3.05) is 0 Å². The summed E-state index contributed by atoms with van der Waals surface area (Å²) in [4.78, 5) is 23.3. The first-order chi connectivity index (χ1) is 9.61. The third kappa shape index (κ3) is 3.38. The molecule has 1 aliphatic carbocycles. The van der Waals surface area contributed by atoms with Crippen LogP contribution in [0.4, 0.5) is 0 Å². The molecule has 20 heavy (non-hydrogen) atoms. The quantitative estimate of drug-likeness (QED) is 0.865. The Kier molecular flexibility index (Phi) is 4.77. The van der Waals surface area contributed by atoms with Gasteiger partial charge >= 0.3 is 5.97 Å². The molecule has 0 aliphatic heterocycles. The molecule has 0 saturated carbocycles. The Morgan fingerprint density at radius 2 is 2.05 bits per heavy atom. The zero-order valence-electron chi connectivity index (χ0n) is 11.8. The number of fused-ring (bicyclic) bond motifs is 1. The Labute approximate surface area is 119 Å².